The van der Waals surface area contributed by atoms with Gasteiger partial charge < -0.3 is 9.84 Å². The Morgan fingerprint density at radius 1 is 0.941 bits per heavy atom. The van der Waals surface area contributed by atoms with Crippen molar-refractivity contribution < 1.29 is 19.4 Å². The molecule has 1 aromatic heterocycles. The van der Waals surface area contributed by atoms with Gasteiger partial charge in [0.05, 0.1) is 18.2 Å². The molecule has 0 bridgehead atoms. The maximum absolute atomic E-state index is 13.3. The third kappa shape index (κ3) is 3.59. The molecule has 1 saturated heterocycles. The van der Waals surface area contributed by atoms with Crippen LogP contribution in [0.3, 0.4) is 0 Å². The van der Waals surface area contributed by atoms with E-state index in [-0.39, 0.29) is 11.3 Å². The second-order valence-electron chi connectivity index (χ2n) is 7.90. The number of nitrogens with zero attached hydrogens (tertiary/aromatic N) is 2. The molecule has 4 aromatic rings. The van der Waals surface area contributed by atoms with E-state index in [1.165, 1.54) is 4.90 Å². The summed E-state index contributed by atoms with van der Waals surface area (Å²) >= 11 is 0. The number of anilines is 1. The van der Waals surface area contributed by atoms with Crippen LogP contribution in [-0.2, 0) is 9.59 Å². The second kappa shape index (κ2) is 8.83. The number of hydrogen-bond acceptors (Lipinski definition) is 5. The second-order valence-corrected chi connectivity index (χ2v) is 7.90. The molecule has 5 rings (SSSR count). The molecule has 34 heavy (non-hydrogen) atoms. The van der Waals surface area contributed by atoms with Crippen LogP contribution >= 0.6 is 0 Å². The van der Waals surface area contributed by atoms with Crippen molar-refractivity contribution in [3.8, 4) is 5.75 Å². The number of ketones is 1. The van der Waals surface area contributed by atoms with E-state index in [0.29, 0.717) is 29.2 Å². The number of carbonyl (C=O) groups is 2. The zero-order chi connectivity index (χ0) is 23.7. The molecule has 0 radical (unpaired) electrons. The molecule has 6 nitrogen and oxygen atoms in total. The summed E-state index contributed by atoms with van der Waals surface area (Å²) in [5, 5.41) is 13.2. The molecular weight excluding hydrogens is 428 g/mol. The number of aliphatic hydroxyl groups is 1. The molecule has 0 spiro atoms. The predicted molar refractivity (Wildman–Crippen MR) is 131 cm³/mol. The van der Waals surface area contributed by atoms with E-state index in [0.717, 1.165) is 10.8 Å². The summed E-state index contributed by atoms with van der Waals surface area (Å²) in [5.74, 6) is -0.974. The Morgan fingerprint density at radius 2 is 1.65 bits per heavy atom. The third-order valence-corrected chi connectivity index (χ3v) is 5.94. The lowest BCUT2D eigenvalue weighted by Crippen LogP contribution is -2.29. The number of aliphatic hydroxyl groups excluding tert-OH is 1. The zero-order valence-electron chi connectivity index (χ0n) is 18.5. The molecule has 1 fully saturated rings. The first-order valence-electron chi connectivity index (χ1n) is 11.0. The molecule has 0 saturated carbocycles. The average molecular weight is 450 g/mol. The Labute approximate surface area is 196 Å². The summed E-state index contributed by atoms with van der Waals surface area (Å²) in [6.07, 6.45) is 3.21. The molecule has 1 unspecified atom stereocenters. The molecule has 1 aliphatic heterocycles. The number of hydrogen-bond donors (Lipinski definition) is 1. The molecule has 1 atom stereocenters. The molecule has 6 heteroatoms. The van der Waals surface area contributed by atoms with Crippen molar-refractivity contribution >= 4 is 33.9 Å². The van der Waals surface area contributed by atoms with Gasteiger partial charge in [-0.25, -0.2) is 0 Å². The topological polar surface area (TPSA) is 79.7 Å². The third-order valence-electron chi connectivity index (χ3n) is 5.94. The normalized spacial score (nSPS) is 17.3. The number of carbonyl (C=O) groups excluding carboxylic acids is 2. The van der Waals surface area contributed by atoms with E-state index in [1.807, 2.05) is 43.3 Å². The SMILES string of the molecule is CCOc1ccc(N2C(=O)C(=O)/C(=C(\O)c3cccc4ccccc34)C2c2ccncc2)cc1. The van der Waals surface area contributed by atoms with Gasteiger partial charge >= 0.3 is 0 Å². The lowest BCUT2D eigenvalue weighted by Gasteiger charge is -2.25. The van der Waals surface area contributed by atoms with Crippen molar-refractivity contribution in [3.05, 3.63) is 108 Å². The highest BCUT2D eigenvalue weighted by Crippen LogP contribution is 2.43. The first-order chi connectivity index (χ1) is 16.6. The van der Waals surface area contributed by atoms with Gasteiger partial charge in [-0.05, 0) is 59.7 Å². The average Bonchev–Trinajstić information content (AvgIpc) is 3.15. The number of aromatic nitrogens is 1. The van der Waals surface area contributed by atoms with E-state index in [1.54, 1.807) is 54.9 Å². The lowest BCUT2D eigenvalue weighted by molar-refractivity contribution is -0.132. The summed E-state index contributed by atoms with van der Waals surface area (Å²) in [7, 11) is 0. The van der Waals surface area contributed by atoms with Crippen molar-refractivity contribution in [2.24, 2.45) is 0 Å². The molecule has 2 heterocycles. The van der Waals surface area contributed by atoms with Crippen molar-refractivity contribution in [2.75, 3.05) is 11.5 Å². The molecular formula is C28H22N2O4. The van der Waals surface area contributed by atoms with Crippen LogP contribution in [0.15, 0.2) is 96.8 Å². The summed E-state index contributed by atoms with van der Waals surface area (Å²) in [4.78, 5) is 32.1. The van der Waals surface area contributed by atoms with E-state index in [4.69, 9.17) is 4.74 Å². The van der Waals surface area contributed by atoms with Gasteiger partial charge in [0.1, 0.15) is 11.5 Å². The van der Waals surface area contributed by atoms with E-state index >= 15 is 0 Å². The lowest BCUT2D eigenvalue weighted by atomic mass is 9.93. The van der Waals surface area contributed by atoms with Gasteiger partial charge in [0.25, 0.3) is 11.7 Å². The molecule has 1 aliphatic rings. The van der Waals surface area contributed by atoms with Crippen LogP contribution in [0.25, 0.3) is 16.5 Å². The monoisotopic (exact) mass is 450 g/mol. The highest BCUT2D eigenvalue weighted by atomic mass is 16.5. The molecule has 1 amide bonds. The minimum absolute atomic E-state index is 0.0430. The summed E-state index contributed by atoms with van der Waals surface area (Å²) in [6.45, 7) is 2.41. The van der Waals surface area contributed by atoms with Gasteiger partial charge in [-0.1, -0.05) is 42.5 Å². The van der Waals surface area contributed by atoms with E-state index in [2.05, 4.69) is 4.98 Å². The van der Waals surface area contributed by atoms with E-state index in [9.17, 15) is 14.7 Å². The van der Waals surface area contributed by atoms with Crippen LogP contribution in [0.5, 0.6) is 5.75 Å². The highest BCUT2D eigenvalue weighted by molar-refractivity contribution is 6.51. The number of fused-ring (bicyclic) bond motifs is 1. The molecule has 168 valence electrons. The van der Waals surface area contributed by atoms with Crippen LogP contribution in [0.2, 0.25) is 0 Å². The summed E-state index contributed by atoms with van der Waals surface area (Å²) in [5.41, 5.74) is 1.75. The van der Waals surface area contributed by atoms with Gasteiger partial charge in [0, 0.05) is 23.6 Å². The van der Waals surface area contributed by atoms with Crippen molar-refractivity contribution in [3.63, 3.8) is 0 Å². The van der Waals surface area contributed by atoms with Gasteiger partial charge in [-0.2, -0.15) is 0 Å². The van der Waals surface area contributed by atoms with Gasteiger partial charge in [0.15, 0.2) is 0 Å². The fraction of sp³-hybridized carbons (Fsp3) is 0.107. The summed E-state index contributed by atoms with van der Waals surface area (Å²) in [6, 6.07) is 22.8. The Hall–Kier alpha value is -4.45. The highest BCUT2D eigenvalue weighted by Gasteiger charge is 2.47. The predicted octanol–water partition coefficient (Wildman–Crippen LogP) is 5.26. The number of pyridine rings is 1. The molecule has 1 N–H and O–H groups in total. The minimum Gasteiger partial charge on any atom is -0.507 e. The first kappa shape index (κ1) is 21.4. The largest absolute Gasteiger partial charge is 0.507 e. The van der Waals surface area contributed by atoms with Gasteiger partial charge in [-0.3, -0.25) is 19.5 Å². The Bertz CT molecular complexity index is 1410. The number of Topliss-reactive ketones (excluding diaryl/α,β-unsaturated/α-hetero) is 1. The fourth-order valence-corrected chi connectivity index (χ4v) is 4.41. The Morgan fingerprint density at radius 3 is 2.38 bits per heavy atom. The Kier molecular flexibility index (Phi) is 5.55. The fourth-order valence-electron chi connectivity index (χ4n) is 4.41. The smallest absolute Gasteiger partial charge is 0.300 e. The van der Waals surface area contributed by atoms with Crippen molar-refractivity contribution in [1.82, 2.24) is 4.98 Å². The molecule has 3 aromatic carbocycles. The Balaban J connectivity index is 1.71. The van der Waals surface area contributed by atoms with Crippen LogP contribution in [0.4, 0.5) is 5.69 Å². The minimum atomic E-state index is -0.806. The van der Waals surface area contributed by atoms with Gasteiger partial charge in [0.2, 0.25) is 0 Å². The van der Waals surface area contributed by atoms with E-state index < -0.39 is 17.7 Å². The van der Waals surface area contributed by atoms with Crippen molar-refractivity contribution in [1.29, 1.82) is 0 Å². The number of rotatable bonds is 5. The maximum Gasteiger partial charge on any atom is 0.300 e. The van der Waals surface area contributed by atoms with Crippen LogP contribution in [0, 0.1) is 0 Å². The number of ether oxygens (including phenoxy) is 1. The zero-order valence-corrected chi connectivity index (χ0v) is 18.5. The maximum atomic E-state index is 13.3. The van der Waals surface area contributed by atoms with Gasteiger partial charge in [-0.15, -0.1) is 0 Å². The number of benzene rings is 3. The number of amides is 1. The van der Waals surface area contributed by atoms with Crippen LogP contribution < -0.4 is 9.64 Å². The summed E-state index contributed by atoms with van der Waals surface area (Å²) < 4.78 is 5.51. The van der Waals surface area contributed by atoms with Crippen LogP contribution in [-0.4, -0.2) is 28.4 Å². The first-order valence-corrected chi connectivity index (χ1v) is 11.0. The van der Waals surface area contributed by atoms with Crippen LogP contribution in [0.1, 0.15) is 24.1 Å². The standard InChI is InChI=1S/C28H22N2O4/c1-2-34-21-12-10-20(11-13-21)30-25(19-14-16-29-17-15-19)24(27(32)28(30)33)26(31)23-9-5-7-18-6-3-4-8-22(18)23/h3-17,25,31H,2H2,1H3/b26-24-. The quantitative estimate of drug-likeness (QED) is 0.255. The van der Waals surface area contributed by atoms with Crippen molar-refractivity contribution in [2.45, 2.75) is 13.0 Å². The molecule has 0 aliphatic carbocycles.